The van der Waals surface area contributed by atoms with E-state index in [1.165, 1.54) is 0 Å². The molecule has 0 aromatic heterocycles. The molecule has 0 saturated heterocycles. The lowest BCUT2D eigenvalue weighted by atomic mass is 10.3. The molecule has 5 heteroatoms. The average molecular weight is 216 g/mol. The van der Waals surface area contributed by atoms with Gasteiger partial charge in [0.2, 0.25) is 0 Å². The van der Waals surface area contributed by atoms with Crippen molar-refractivity contribution in [3.63, 3.8) is 0 Å². The summed E-state index contributed by atoms with van der Waals surface area (Å²) in [4.78, 5) is 1.63. The first-order valence-corrected chi connectivity index (χ1v) is 4.72. The van der Waals surface area contributed by atoms with E-state index < -0.39 is 6.43 Å². The lowest BCUT2D eigenvalue weighted by Crippen LogP contribution is -2.40. The van der Waals surface area contributed by atoms with Crippen LogP contribution in [-0.4, -0.2) is 50.1 Å². The van der Waals surface area contributed by atoms with Crippen LogP contribution in [0.2, 0.25) is 0 Å². The van der Waals surface area contributed by atoms with Crippen LogP contribution in [0.1, 0.15) is 6.92 Å². The number of hydrogen-bond donors (Lipinski definition) is 0. The van der Waals surface area contributed by atoms with Crippen LogP contribution in [0, 0.1) is 0 Å². The smallest absolute Gasteiger partial charge is 0.251 e. The Morgan fingerprint density at radius 2 is 2.08 bits per heavy atom. The molecule has 0 N–H and O–H groups in total. The van der Waals surface area contributed by atoms with E-state index >= 15 is 0 Å². The topological polar surface area (TPSA) is 12.5 Å². The van der Waals surface area contributed by atoms with E-state index in [1.54, 1.807) is 12.0 Å². The van der Waals surface area contributed by atoms with E-state index in [-0.39, 0.29) is 12.6 Å². The minimum absolute atomic E-state index is 0.0160. The summed E-state index contributed by atoms with van der Waals surface area (Å²) in [6, 6.07) is -0.0160. The third-order valence-electron chi connectivity index (χ3n) is 1.78. The van der Waals surface area contributed by atoms with Gasteiger partial charge in [-0.25, -0.2) is 8.78 Å². The molecule has 2 nitrogen and oxygen atoms in total. The van der Waals surface area contributed by atoms with E-state index in [0.29, 0.717) is 19.0 Å². The van der Waals surface area contributed by atoms with Gasteiger partial charge in [0.15, 0.2) is 0 Å². The second kappa shape index (κ2) is 7.47. The molecule has 0 aliphatic rings. The number of halogens is 3. The second-order valence-corrected chi connectivity index (χ2v) is 3.26. The van der Waals surface area contributed by atoms with E-state index in [4.69, 9.17) is 16.3 Å². The minimum Gasteiger partial charge on any atom is -0.383 e. The molecule has 0 radical (unpaired) electrons. The molecule has 0 rings (SSSR count). The fourth-order valence-electron chi connectivity index (χ4n) is 1.12. The molecule has 0 aliphatic heterocycles. The van der Waals surface area contributed by atoms with Gasteiger partial charge in [-0.1, -0.05) is 0 Å². The van der Waals surface area contributed by atoms with Gasteiger partial charge in [-0.2, -0.15) is 0 Å². The van der Waals surface area contributed by atoms with Crippen molar-refractivity contribution in [1.29, 1.82) is 0 Å². The summed E-state index contributed by atoms with van der Waals surface area (Å²) in [5, 5.41) is 0. The van der Waals surface area contributed by atoms with Crippen LogP contribution >= 0.6 is 11.6 Å². The Morgan fingerprint density at radius 1 is 1.46 bits per heavy atom. The third-order valence-corrected chi connectivity index (χ3v) is 1.94. The standard InChI is InChI=1S/C8H16ClF2NO/c1-7(6-13-2)12(4-3-9)5-8(10)11/h7-8H,3-6H2,1-2H3. The van der Waals surface area contributed by atoms with Gasteiger partial charge in [0.1, 0.15) is 0 Å². The molecule has 0 amide bonds. The van der Waals surface area contributed by atoms with Crippen molar-refractivity contribution in [2.24, 2.45) is 0 Å². The molecule has 80 valence electrons. The summed E-state index contributed by atoms with van der Waals surface area (Å²) in [6.45, 7) is 2.52. The number of hydrogen-bond acceptors (Lipinski definition) is 2. The number of ether oxygens (including phenoxy) is 1. The Hall–Kier alpha value is 0.0700. The summed E-state index contributed by atoms with van der Waals surface area (Å²) >= 11 is 5.50. The van der Waals surface area contributed by atoms with Gasteiger partial charge >= 0.3 is 0 Å². The molecule has 0 aliphatic carbocycles. The van der Waals surface area contributed by atoms with E-state index in [2.05, 4.69) is 0 Å². The van der Waals surface area contributed by atoms with Gasteiger partial charge in [-0.05, 0) is 6.92 Å². The quantitative estimate of drug-likeness (QED) is 0.601. The largest absolute Gasteiger partial charge is 0.383 e. The fraction of sp³-hybridized carbons (Fsp3) is 1.00. The van der Waals surface area contributed by atoms with Gasteiger partial charge in [-0.15, -0.1) is 11.6 Å². The van der Waals surface area contributed by atoms with E-state index in [1.807, 2.05) is 6.92 Å². The number of nitrogens with zero attached hydrogens (tertiary/aromatic N) is 1. The molecule has 0 heterocycles. The number of alkyl halides is 3. The van der Waals surface area contributed by atoms with Crippen LogP contribution in [-0.2, 0) is 4.74 Å². The zero-order chi connectivity index (χ0) is 10.3. The molecule has 0 bridgehead atoms. The van der Waals surface area contributed by atoms with Crippen molar-refractivity contribution in [2.45, 2.75) is 19.4 Å². The highest BCUT2D eigenvalue weighted by atomic mass is 35.5. The maximum absolute atomic E-state index is 12.1. The number of rotatable bonds is 7. The van der Waals surface area contributed by atoms with Gasteiger partial charge in [-0.3, -0.25) is 4.90 Å². The van der Waals surface area contributed by atoms with Crippen molar-refractivity contribution in [3.05, 3.63) is 0 Å². The maximum atomic E-state index is 12.1. The zero-order valence-electron chi connectivity index (χ0n) is 7.97. The molecule has 0 saturated carbocycles. The average Bonchev–Trinajstić information content (AvgIpc) is 2.03. The van der Waals surface area contributed by atoms with Gasteiger partial charge in [0.05, 0.1) is 13.2 Å². The summed E-state index contributed by atoms with van der Waals surface area (Å²) in [5.41, 5.74) is 0. The highest BCUT2D eigenvalue weighted by Crippen LogP contribution is 2.04. The Balaban J connectivity index is 3.90. The van der Waals surface area contributed by atoms with Crippen molar-refractivity contribution >= 4 is 11.6 Å². The van der Waals surface area contributed by atoms with Gasteiger partial charge < -0.3 is 4.74 Å². The van der Waals surface area contributed by atoms with Crippen LogP contribution in [0.3, 0.4) is 0 Å². The monoisotopic (exact) mass is 215 g/mol. The highest BCUT2D eigenvalue weighted by Gasteiger charge is 2.17. The SMILES string of the molecule is COCC(C)N(CCCl)CC(F)F. The Bertz CT molecular complexity index is 127. The lowest BCUT2D eigenvalue weighted by molar-refractivity contribution is 0.0448. The Labute approximate surface area is 82.8 Å². The Morgan fingerprint density at radius 3 is 2.46 bits per heavy atom. The van der Waals surface area contributed by atoms with Crippen LogP contribution in [0.25, 0.3) is 0 Å². The minimum atomic E-state index is -2.32. The predicted molar refractivity (Wildman–Crippen MR) is 49.6 cm³/mol. The first-order valence-electron chi connectivity index (χ1n) is 4.19. The molecule has 1 atom stereocenters. The first-order chi connectivity index (χ1) is 6.11. The molecule has 1 unspecified atom stereocenters. The van der Waals surface area contributed by atoms with Crippen molar-refractivity contribution in [2.75, 3.05) is 32.7 Å². The lowest BCUT2D eigenvalue weighted by Gasteiger charge is -2.27. The van der Waals surface area contributed by atoms with Crippen molar-refractivity contribution in [1.82, 2.24) is 4.90 Å². The van der Waals surface area contributed by atoms with Gasteiger partial charge in [0, 0.05) is 25.6 Å². The molecule has 0 spiro atoms. The maximum Gasteiger partial charge on any atom is 0.251 e. The van der Waals surface area contributed by atoms with Gasteiger partial charge in [0.25, 0.3) is 6.43 Å². The van der Waals surface area contributed by atoms with Crippen LogP contribution in [0.4, 0.5) is 8.78 Å². The molecule has 13 heavy (non-hydrogen) atoms. The summed E-state index contributed by atoms with van der Waals surface area (Å²) in [7, 11) is 1.55. The summed E-state index contributed by atoms with van der Waals surface area (Å²) in [6.07, 6.45) is -2.32. The first kappa shape index (κ1) is 13.1. The second-order valence-electron chi connectivity index (χ2n) is 2.88. The van der Waals surface area contributed by atoms with Crippen LogP contribution < -0.4 is 0 Å². The summed E-state index contributed by atoms with van der Waals surface area (Å²) < 4.78 is 29.0. The molecular formula is C8H16ClF2NO. The molecule has 0 aromatic carbocycles. The predicted octanol–water partition coefficient (Wildman–Crippen LogP) is 1.83. The van der Waals surface area contributed by atoms with E-state index in [9.17, 15) is 8.78 Å². The third kappa shape index (κ3) is 6.18. The Kier molecular flexibility index (Phi) is 7.51. The number of methoxy groups -OCH3 is 1. The fourth-order valence-corrected chi connectivity index (χ4v) is 1.34. The summed E-state index contributed by atoms with van der Waals surface area (Å²) in [5.74, 6) is 0.362. The molecule has 0 fully saturated rings. The zero-order valence-corrected chi connectivity index (χ0v) is 8.73. The normalized spacial score (nSPS) is 14.1. The molecule has 0 aromatic rings. The van der Waals surface area contributed by atoms with Crippen molar-refractivity contribution < 1.29 is 13.5 Å². The van der Waals surface area contributed by atoms with Crippen molar-refractivity contribution in [3.8, 4) is 0 Å². The highest BCUT2D eigenvalue weighted by molar-refractivity contribution is 6.18. The van der Waals surface area contributed by atoms with Crippen LogP contribution in [0.5, 0.6) is 0 Å². The molecular weight excluding hydrogens is 200 g/mol. The van der Waals surface area contributed by atoms with Crippen LogP contribution in [0.15, 0.2) is 0 Å². The van der Waals surface area contributed by atoms with E-state index in [0.717, 1.165) is 0 Å².